The lowest BCUT2D eigenvalue weighted by Crippen LogP contribution is -2.05. The van der Waals surface area contributed by atoms with Crippen molar-refractivity contribution in [3.05, 3.63) is 29.8 Å². The fourth-order valence-electron chi connectivity index (χ4n) is 1.28. The molecule has 0 saturated heterocycles. The van der Waals surface area contributed by atoms with E-state index in [2.05, 4.69) is 0 Å². The summed E-state index contributed by atoms with van der Waals surface area (Å²) in [4.78, 5) is 10.7. The van der Waals surface area contributed by atoms with Crippen molar-refractivity contribution in [2.75, 3.05) is 12.3 Å². The monoisotopic (exact) mass is 179 g/mol. The van der Waals surface area contributed by atoms with Crippen LogP contribution in [0.1, 0.15) is 17.9 Å². The van der Waals surface area contributed by atoms with Crippen molar-refractivity contribution < 1.29 is 9.90 Å². The van der Waals surface area contributed by atoms with E-state index in [1.807, 2.05) is 18.2 Å². The van der Waals surface area contributed by atoms with E-state index in [9.17, 15) is 4.79 Å². The summed E-state index contributed by atoms with van der Waals surface area (Å²) in [6.07, 6.45) is 1.25. The zero-order chi connectivity index (χ0) is 9.68. The molecule has 0 fully saturated rings. The van der Waals surface area contributed by atoms with Gasteiger partial charge in [-0.05, 0) is 18.1 Å². The van der Waals surface area contributed by atoms with Crippen molar-refractivity contribution in [2.24, 2.45) is 0 Å². The molecule has 1 atom stereocenters. The number of nitrogens with two attached hydrogens (primary N) is 1. The minimum Gasteiger partial charge on any atom is -0.398 e. The Balaban J connectivity index is 2.90. The zero-order valence-corrected chi connectivity index (χ0v) is 7.31. The SMILES string of the molecule is Nc1ccccc1C(C=O)CCO. The maximum Gasteiger partial charge on any atom is 0.127 e. The highest BCUT2D eigenvalue weighted by Gasteiger charge is 2.11. The molecule has 0 radical (unpaired) electrons. The Morgan fingerprint density at radius 1 is 1.46 bits per heavy atom. The Bertz CT molecular complexity index is 286. The van der Waals surface area contributed by atoms with Gasteiger partial charge in [-0.1, -0.05) is 18.2 Å². The normalized spacial score (nSPS) is 12.4. The van der Waals surface area contributed by atoms with Gasteiger partial charge in [0.1, 0.15) is 6.29 Å². The van der Waals surface area contributed by atoms with Crippen molar-refractivity contribution >= 4 is 12.0 Å². The molecular weight excluding hydrogens is 166 g/mol. The maximum atomic E-state index is 10.7. The Morgan fingerprint density at radius 2 is 2.15 bits per heavy atom. The molecule has 0 saturated carbocycles. The van der Waals surface area contributed by atoms with E-state index in [1.165, 1.54) is 0 Å². The smallest absolute Gasteiger partial charge is 0.127 e. The Hall–Kier alpha value is -1.35. The quantitative estimate of drug-likeness (QED) is 0.534. The molecule has 1 aromatic rings. The molecule has 1 unspecified atom stereocenters. The minimum atomic E-state index is -0.286. The number of carbonyl (C=O) groups is 1. The van der Waals surface area contributed by atoms with Gasteiger partial charge in [-0.15, -0.1) is 0 Å². The molecule has 0 aliphatic heterocycles. The van der Waals surface area contributed by atoms with Crippen LogP contribution in [0.4, 0.5) is 5.69 Å². The van der Waals surface area contributed by atoms with Crippen LogP contribution in [0.25, 0.3) is 0 Å². The van der Waals surface area contributed by atoms with Crippen LogP contribution in [0.3, 0.4) is 0 Å². The van der Waals surface area contributed by atoms with Crippen LogP contribution < -0.4 is 5.73 Å². The number of hydrogen-bond donors (Lipinski definition) is 2. The predicted octanol–water partition coefficient (Wildman–Crippen LogP) is 0.934. The second-order valence-electron chi connectivity index (χ2n) is 2.88. The first kappa shape index (κ1) is 9.74. The van der Waals surface area contributed by atoms with E-state index >= 15 is 0 Å². The number of para-hydroxylation sites is 1. The van der Waals surface area contributed by atoms with Crippen molar-refractivity contribution in [1.29, 1.82) is 0 Å². The molecule has 0 aliphatic carbocycles. The highest BCUT2D eigenvalue weighted by Crippen LogP contribution is 2.22. The van der Waals surface area contributed by atoms with E-state index < -0.39 is 0 Å². The number of nitrogen functional groups attached to an aromatic ring is 1. The van der Waals surface area contributed by atoms with Gasteiger partial charge in [0, 0.05) is 18.2 Å². The Labute approximate surface area is 77.2 Å². The Kier molecular flexibility index (Phi) is 3.46. The summed E-state index contributed by atoms with van der Waals surface area (Å²) in [5.74, 6) is -0.286. The first-order valence-corrected chi connectivity index (χ1v) is 4.20. The number of hydrogen-bond acceptors (Lipinski definition) is 3. The molecule has 0 aliphatic rings. The molecule has 0 spiro atoms. The third-order valence-corrected chi connectivity index (χ3v) is 2.00. The van der Waals surface area contributed by atoms with Crippen LogP contribution in [0, 0.1) is 0 Å². The Morgan fingerprint density at radius 3 is 2.69 bits per heavy atom. The summed E-state index contributed by atoms with van der Waals surface area (Å²) >= 11 is 0. The molecule has 3 N–H and O–H groups in total. The van der Waals surface area contributed by atoms with Gasteiger partial charge in [0.05, 0.1) is 0 Å². The molecule has 0 bridgehead atoms. The molecule has 1 rings (SSSR count). The van der Waals surface area contributed by atoms with Gasteiger partial charge >= 0.3 is 0 Å². The average molecular weight is 179 g/mol. The summed E-state index contributed by atoms with van der Waals surface area (Å²) in [5, 5.41) is 8.72. The number of carbonyl (C=O) groups excluding carboxylic acids is 1. The molecule has 0 amide bonds. The number of benzene rings is 1. The van der Waals surface area contributed by atoms with Crippen LogP contribution in [0.15, 0.2) is 24.3 Å². The summed E-state index contributed by atoms with van der Waals surface area (Å²) in [6, 6.07) is 7.21. The number of aliphatic hydroxyl groups is 1. The van der Waals surface area contributed by atoms with Gasteiger partial charge in [0.25, 0.3) is 0 Å². The van der Waals surface area contributed by atoms with E-state index in [4.69, 9.17) is 10.8 Å². The largest absolute Gasteiger partial charge is 0.398 e. The summed E-state index contributed by atoms with van der Waals surface area (Å²) in [6.45, 7) is -0.00224. The van der Waals surface area contributed by atoms with Crippen LogP contribution in [0.5, 0.6) is 0 Å². The molecule has 3 nitrogen and oxygen atoms in total. The lowest BCUT2D eigenvalue weighted by Gasteiger charge is -2.10. The zero-order valence-electron chi connectivity index (χ0n) is 7.31. The standard InChI is InChI=1S/C10H13NO2/c11-10-4-2-1-3-9(10)8(7-13)5-6-12/h1-4,7-8,12H,5-6,11H2. The lowest BCUT2D eigenvalue weighted by molar-refractivity contribution is -0.109. The summed E-state index contributed by atoms with van der Waals surface area (Å²) in [5.41, 5.74) is 7.09. The molecule has 0 heterocycles. The average Bonchev–Trinajstić information content (AvgIpc) is 2.16. The molecular formula is C10H13NO2. The number of rotatable bonds is 4. The number of aldehydes is 1. The van der Waals surface area contributed by atoms with Crippen LogP contribution in [-0.2, 0) is 4.79 Å². The van der Waals surface area contributed by atoms with Crippen LogP contribution in [0.2, 0.25) is 0 Å². The van der Waals surface area contributed by atoms with Gasteiger partial charge in [0.2, 0.25) is 0 Å². The minimum absolute atomic E-state index is 0.00224. The fourth-order valence-corrected chi connectivity index (χ4v) is 1.28. The third-order valence-electron chi connectivity index (χ3n) is 2.00. The van der Waals surface area contributed by atoms with Crippen molar-refractivity contribution in [1.82, 2.24) is 0 Å². The van der Waals surface area contributed by atoms with Crippen LogP contribution >= 0.6 is 0 Å². The van der Waals surface area contributed by atoms with E-state index in [0.29, 0.717) is 12.1 Å². The molecule has 13 heavy (non-hydrogen) atoms. The number of anilines is 1. The van der Waals surface area contributed by atoms with E-state index in [-0.39, 0.29) is 12.5 Å². The van der Waals surface area contributed by atoms with Crippen LogP contribution in [-0.4, -0.2) is 18.0 Å². The van der Waals surface area contributed by atoms with Gasteiger partial charge in [-0.2, -0.15) is 0 Å². The molecule has 70 valence electrons. The van der Waals surface area contributed by atoms with Crippen molar-refractivity contribution in [3.63, 3.8) is 0 Å². The molecule has 0 aromatic heterocycles. The third kappa shape index (κ3) is 2.29. The first-order valence-electron chi connectivity index (χ1n) is 4.20. The fraction of sp³-hybridized carbons (Fsp3) is 0.300. The first-order chi connectivity index (χ1) is 6.29. The van der Waals surface area contributed by atoms with E-state index in [1.54, 1.807) is 6.07 Å². The van der Waals surface area contributed by atoms with Gasteiger partial charge in [-0.3, -0.25) is 0 Å². The topological polar surface area (TPSA) is 63.3 Å². The van der Waals surface area contributed by atoms with Gasteiger partial charge < -0.3 is 15.6 Å². The molecule has 3 heteroatoms. The highest BCUT2D eigenvalue weighted by molar-refractivity contribution is 5.67. The second-order valence-corrected chi connectivity index (χ2v) is 2.88. The van der Waals surface area contributed by atoms with Gasteiger partial charge in [-0.25, -0.2) is 0 Å². The van der Waals surface area contributed by atoms with Crippen molar-refractivity contribution in [3.8, 4) is 0 Å². The summed E-state index contributed by atoms with van der Waals surface area (Å²) < 4.78 is 0. The number of aliphatic hydroxyl groups excluding tert-OH is 1. The highest BCUT2D eigenvalue weighted by atomic mass is 16.3. The van der Waals surface area contributed by atoms with E-state index in [0.717, 1.165) is 11.8 Å². The summed E-state index contributed by atoms with van der Waals surface area (Å²) in [7, 11) is 0. The molecule has 1 aromatic carbocycles. The van der Waals surface area contributed by atoms with Crippen molar-refractivity contribution in [2.45, 2.75) is 12.3 Å². The maximum absolute atomic E-state index is 10.7. The van der Waals surface area contributed by atoms with Gasteiger partial charge in [0.15, 0.2) is 0 Å². The predicted molar refractivity (Wildman–Crippen MR) is 51.4 cm³/mol. The lowest BCUT2D eigenvalue weighted by atomic mass is 9.96. The second kappa shape index (κ2) is 4.62.